The van der Waals surface area contributed by atoms with Gasteiger partial charge >= 0.3 is 6.18 Å². The summed E-state index contributed by atoms with van der Waals surface area (Å²) in [5, 5.41) is 10.1. The molecule has 1 saturated carbocycles. The van der Waals surface area contributed by atoms with Crippen molar-refractivity contribution in [3.8, 4) is 5.88 Å². The topological polar surface area (TPSA) is 75.7 Å². The molecule has 6 nitrogen and oxygen atoms in total. The molecule has 2 aromatic rings. The molecule has 0 amide bonds. The second-order valence-electron chi connectivity index (χ2n) is 5.40. The minimum Gasteiger partial charge on any atom is -0.468 e. The largest absolute Gasteiger partial charge is 0.468 e. The number of pyridine rings is 1. The fourth-order valence-electron chi connectivity index (χ4n) is 2.01. The Morgan fingerprint density at radius 3 is 2.78 bits per heavy atom. The third-order valence-corrected chi connectivity index (χ3v) is 3.34. The first kappa shape index (κ1) is 15.6. The number of alkyl halides is 3. The van der Waals surface area contributed by atoms with Gasteiger partial charge in [-0.1, -0.05) is 6.07 Å². The van der Waals surface area contributed by atoms with Gasteiger partial charge in [0.05, 0.1) is 0 Å². The highest BCUT2D eigenvalue weighted by Crippen LogP contribution is 2.38. The molecule has 0 bridgehead atoms. The normalized spacial score (nSPS) is 14.7. The van der Waals surface area contributed by atoms with E-state index in [-0.39, 0.29) is 5.88 Å². The Kier molecular flexibility index (Phi) is 4.35. The number of anilines is 1. The third kappa shape index (κ3) is 4.83. The standard InChI is InChI=1S/C14H16F3N5O/c15-14(16,17)8-23-11-4-1-9(7-19-11)5-6-18-13-20-12(21-22-13)10-2-3-10/h1,4,7,10H,2-3,5-6,8H2,(H2,18,20,21,22). The molecule has 1 aliphatic rings. The van der Waals surface area contributed by atoms with Crippen LogP contribution >= 0.6 is 0 Å². The molecule has 2 aromatic heterocycles. The molecule has 124 valence electrons. The number of rotatable bonds is 7. The molecule has 0 unspecified atom stereocenters. The zero-order valence-electron chi connectivity index (χ0n) is 12.2. The van der Waals surface area contributed by atoms with Crippen LogP contribution in [0.15, 0.2) is 18.3 Å². The Labute approximate surface area is 130 Å². The summed E-state index contributed by atoms with van der Waals surface area (Å²) in [4.78, 5) is 8.20. The van der Waals surface area contributed by atoms with E-state index in [0.29, 0.717) is 24.8 Å². The van der Waals surface area contributed by atoms with Gasteiger partial charge in [0.1, 0.15) is 5.82 Å². The predicted molar refractivity (Wildman–Crippen MR) is 76.3 cm³/mol. The van der Waals surface area contributed by atoms with Gasteiger partial charge in [-0.25, -0.2) is 4.98 Å². The van der Waals surface area contributed by atoms with Crippen LogP contribution in [0.4, 0.5) is 19.1 Å². The summed E-state index contributed by atoms with van der Waals surface area (Å²) < 4.78 is 40.6. The lowest BCUT2D eigenvalue weighted by Crippen LogP contribution is -2.19. The van der Waals surface area contributed by atoms with E-state index in [0.717, 1.165) is 24.2 Å². The van der Waals surface area contributed by atoms with Gasteiger partial charge in [-0.2, -0.15) is 18.2 Å². The van der Waals surface area contributed by atoms with Gasteiger partial charge in [-0.3, -0.25) is 5.10 Å². The van der Waals surface area contributed by atoms with Crippen LogP contribution in [-0.2, 0) is 6.42 Å². The Bertz CT molecular complexity index is 637. The van der Waals surface area contributed by atoms with Crippen LogP contribution in [0.1, 0.15) is 30.1 Å². The van der Waals surface area contributed by atoms with Gasteiger partial charge in [-0.05, 0) is 24.8 Å². The molecule has 3 rings (SSSR count). The molecule has 23 heavy (non-hydrogen) atoms. The van der Waals surface area contributed by atoms with E-state index in [4.69, 9.17) is 0 Å². The maximum absolute atomic E-state index is 12.0. The second kappa shape index (κ2) is 6.43. The van der Waals surface area contributed by atoms with Crippen LogP contribution in [-0.4, -0.2) is 39.5 Å². The highest BCUT2D eigenvalue weighted by atomic mass is 19.4. The fraction of sp³-hybridized carbons (Fsp3) is 0.500. The minimum atomic E-state index is -4.36. The molecular weight excluding hydrogens is 311 g/mol. The molecular formula is C14H16F3N5O. The van der Waals surface area contributed by atoms with E-state index in [1.54, 1.807) is 6.07 Å². The number of nitrogens with one attached hydrogen (secondary N) is 2. The number of aromatic amines is 1. The Morgan fingerprint density at radius 2 is 2.13 bits per heavy atom. The molecule has 9 heteroatoms. The quantitative estimate of drug-likeness (QED) is 0.818. The monoisotopic (exact) mass is 327 g/mol. The number of nitrogens with zero attached hydrogens (tertiary/aromatic N) is 3. The van der Waals surface area contributed by atoms with E-state index >= 15 is 0 Å². The lowest BCUT2D eigenvalue weighted by molar-refractivity contribution is -0.154. The van der Waals surface area contributed by atoms with Crippen molar-refractivity contribution in [3.63, 3.8) is 0 Å². The van der Waals surface area contributed by atoms with Gasteiger partial charge < -0.3 is 10.1 Å². The molecule has 0 aliphatic heterocycles. The zero-order chi connectivity index (χ0) is 16.3. The molecule has 1 fully saturated rings. The van der Waals surface area contributed by atoms with E-state index in [9.17, 15) is 13.2 Å². The van der Waals surface area contributed by atoms with Crippen molar-refractivity contribution in [2.75, 3.05) is 18.5 Å². The van der Waals surface area contributed by atoms with Crippen molar-refractivity contribution in [1.82, 2.24) is 20.2 Å². The Hall–Kier alpha value is -2.32. The summed E-state index contributed by atoms with van der Waals surface area (Å²) in [5.41, 5.74) is 0.884. The first-order valence-electron chi connectivity index (χ1n) is 7.30. The van der Waals surface area contributed by atoms with Gasteiger partial charge in [0.2, 0.25) is 11.8 Å². The summed E-state index contributed by atoms with van der Waals surface area (Å²) in [6, 6.07) is 3.12. The van der Waals surface area contributed by atoms with E-state index < -0.39 is 12.8 Å². The van der Waals surface area contributed by atoms with Crippen LogP contribution < -0.4 is 10.1 Å². The summed E-state index contributed by atoms with van der Waals surface area (Å²) in [6.07, 6.45) is 0.104. The summed E-state index contributed by atoms with van der Waals surface area (Å²) >= 11 is 0. The molecule has 0 saturated heterocycles. The second-order valence-corrected chi connectivity index (χ2v) is 5.40. The van der Waals surface area contributed by atoms with Gasteiger partial charge in [0.25, 0.3) is 0 Å². The number of H-pyrrole nitrogens is 1. The molecule has 2 heterocycles. The molecule has 1 aliphatic carbocycles. The van der Waals surface area contributed by atoms with E-state index in [1.807, 2.05) is 0 Å². The van der Waals surface area contributed by atoms with Crippen LogP contribution in [0.2, 0.25) is 0 Å². The number of hydrogen-bond donors (Lipinski definition) is 2. The molecule has 0 aromatic carbocycles. The number of halogens is 3. The average molecular weight is 327 g/mol. The van der Waals surface area contributed by atoms with Crippen molar-refractivity contribution in [3.05, 3.63) is 29.7 Å². The first-order chi connectivity index (χ1) is 11.0. The van der Waals surface area contributed by atoms with Crippen molar-refractivity contribution in [2.24, 2.45) is 0 Å². The summed E-state index contributed by atoms with van der Waals surface area (Å²) in [6.45, 7) is -0.735. The van der Waals surface area contributed by atoms with Crippen molar-refractivity contribution >= 4 is 5.95 Å². The molecule has 0 radical (unpaired) electrons. The lowest BCUT2D eigenvalue weighted by Gasteiger charge is -2.08. The number of ether oxygens (including phenoxy) is 1. The van der Waals surface area contributed by atoms with Gasteiger partial charge in [0, 0.05) is 24.7 Å². The lowest BCUT2D eigenvalue weighted by atomic mass is 10.2. The SMILES string of the molecule is FC(F)(F)COc1ccc(CCNc2n[nH]c(C3CC3)n2)cn1. The fourth-order valence-corrected chi connectivity index (χ4v) is 2.01. The first-order valence-corrected chi connectivity index (χ1v) is 7.30. The summed E-state index contributed by atoms with van der Waals surface area (Å²) in [7, 11) is 0. The summed E-state index contributed by atoms with van der Waals surface area (Å²) in [5.74, 6) is 1.96. The number of aromatic nitrogens is 4. The van der Waals surface area contributed by atoms with Crippen LogP contribution in [0.25, 0.3) is 0 Å². The van der Waals surface area contributed by atoms with Crippen molar-refractivity contribution < 1.29 is 17.9 Å². The average Bonchev–Trinajstić information content (AvgIpc) is 3.25. The smallest absolute Gasteiger partial charge is 0.422 e. The highest BCUT2D eigenvalue weighted by Gasteiger charge is 2.28. The third-order valence-electron chi connectivity index (χ3n) is 3.34. The Morgan fingerprint density at radius 1 is 1.30 bits per heavy atom. The van der Waals surface area contributed by atoms with Crippen molar-refractivity contribution in [1.29, 1.82) is 0 Å². The predicted octanol–water partition coefficient (Wildman–Crippen LogP) is 2.67. The molecule has 0 spiro atoms. The molecule has 0 atom stereocenters. The van der Waals surface area contributed by atoms with Gasteiger partial charge in [-0.15, -0.1) is 5.10 Å². The highest BCUT2D eigenvalue weighted by molar-refractivity contribution is 5.26. The maximum atomic E-state index is 12.0. The van der Waals surface area contributed by atoms with E-state index in [2.05, 4.69) is 30.2 Å². The van der Waals surface area contributed by atoms with Crippen molar-refractivity contribution in [2.45, 2.75) is 31.4 Å². The van der Waals surface area contributed by atoms with Crippen LogP contribution in [0, 0.1) is 0 Å². The zero-order valence-corrected chi connectivity index (χ0v) is 12.2. The van der Waals surface area contributed by atoms with E-state index in [1.165, 1.54) is 12.3 Å². The van der Waals surface area contributed by atoms with Crippen LogP contribution in [0.3, 0.4) is 0 Å². The maximum Gasteiger partial charge on any atom is 0.422 e. The Balaban J connectivity index is 1.42. The number of hydrogen-bond acceptors (Lipinski definition) is 5. The van der Waals surface area contributed by atoms with Gasteiger partial charge in [0.15, 0.2) is 6.61 Å². The van der Waals surface area contributed by atoms with Crippen LogP contribution in [0.5, 0.6) is 5.88 Å². The molecule has 2 N–H and O–H groups in total. The minimum absolute atomic E-state index is 0.0397.